The summed E-state index contributed by atoms with van der Waals surface area (Å²) in [5, 5.41) is 0. The summed E-state index contributed by atoms with van der Waals surface area (Å²) in [6.45, 7) is 4.90. The highest BCUT2D eigenvalue weighted by Crippen LogP contribution is 2.27. The molecule has 0 N–H and O–H groups in total. The van der Waals surface area contributed by atoms with Gasteiger partial charge in [-0.15, -0.1) is 0 Å². The Bertz CT molecular complexity index is 702. The van der Waals surface area contributed by atoms with Crippen molar-refractivity contribution in [2.45, 2.75) is 199 Å². The Morgan fingerprint density at radius 1 is 0.523 bits per heavy atom. The van der Waals surface area contributed by atoms with Gasteiger partial charge in [0, 0.05) is 12.8 Å². The highest BCUT2D eigenvalue weighted by atomic mass is 31.0. The number of carbonyl (C=O) groups is 2. The number of hydrogen-bond acceptors (Lipinski definition) is 3. The Labute approximate surface area is 278 Å². The van der Waals surface area contributed by atoms with Gasteiger partial charge in [0.25, 0.3) is 0 Å². The van der Waals surface area contributed by atoms with E-state index in [1.165, 1.54) is 128 Å². The third-order valence-electron chi connectivity index (χ3n) is 8.95. The van der Waals surface area contributed by atoms with E-state index in [0.29, 0.717) is 23.9 Å². The van der Waals surface area contributed by atoms with E-state index in [0.717, 1.165) is 38.5 Å². The van der Waals surface area contributed by atoms with Gasteiger partial charge >= 0.3 is 0 Å². The smallest absolute Gasteiger partial charge is 0.204 e. The number of ketones is 2. The number of rotatable bonds is 34. The fourth-order valence-electron chi connectivity index (χ4n) is 6.21. The summed E-state index contributed by atoms with van der Waals surface area (Å²) in [6, 6.07) is 0. The maximum atomic E-state index is 13.5. The molecular weight excluding hydrogens is 561 g/mol. The molecule has 4 nitrogen and oxygen atoms in total. The second kappa shape index (κ2) is 29.8. The minimum Gasteiger partial charge on any atom is -0.541 e. The molecule has 1 atom stereocenters. The Morgan fingerprint density at radius 2 is 0.818 bits per heavy atom. The van der Waals surface area contributed by atoms with Gasteiger partial charge in [0.15, 0.2) is 11.6 Å². The Morgan fingerprint density at radius 3 is 1.11 bits per heavy atom. The van der Waals surface area contributed by atoms with Crippen LogP contribution in [0.1, 0.15) is 194 Å². The summed E-state index contributed by atoms with van der Waals surface area (Å²) in [6.07, 6.45) is 38.1. The largest absolute Gasteiger partial charge is 0.541 e. The van der Waals surface area contributed by atoms with Gasteiger partial charge in [0.1, 0.15) is 6.54 Å². The number of nitrogens with zero attached hydrogens (tertiary/aromatic N) is 1. The lowest BCUT2D eigenvalue weighted by Crippen LogP contribution is -2.58. The zero-order valence-corrected chi connectivity index (χ0v) is 31.3. The third kappa shape index (κ3) is 24.6. The second-order valence-electron chi connectivity index (χ2n) is 14.6. The zero-order chi connectivity index (χ0) is 32.8. The fourth-order valence-corrected chi connectivity index (χ4v) is 6.50. The molecule has 0 aromatic carbocycles. The van der Waals surface area contributed by atoms with Gasteiger partial charge in [-0.25, -0.2) is 0 Å². The van der Waals surface area contributed by atoms with Gasteiger partial charge in [-0.2, -0.15) is 0 Å². The summed E-state index contributed by atoms with van der Waals surface area (Å²) in [4.78, 5) is 27.0. The molecule has 0 aliphatic carbocycles. The Kier molecular flexibility index (Phi) is 29.4. The summed E-state index contributed by atoms with van der Waals surface area (Å²) in [5.41, 5.74) is -1.38. The monoisotopic (exact) mass is 638 g/mol. The molecule has 44 heavy (non-hydrogen) atoms. The highest BCUT2D eigenvalue weighted by Gasteiger charge is 2.46. The van der Waals surface area contributed by atoms with E-state index in [4.69, 9.17) is 4.52 Å². The van der Waals surface area contributed by atoms with Crippen molar-refractivity contribution < 1.29 is 18.6 Å². The molecule has 0 spiro atoms. The molecular formula is C39H76NO3P. The molecule has 0 rings (SSSR count). The maximum absolute atomic E-state index is 13.5. The minimum atomic E-state index is -1.38. The van der Waals surface area contributed by atoms with Crippen LogP contribution < -0.4 is 0 Å². The zero-order valence-electron chi connectivity index (χ0n) is 30.3. The number of Topliss-reactive ketones (excluding diaryl/α,β-unsaturated/α-hetero) is 2. The van der Waals surface area contributed by atoms with E-state index in [-0.39, 0.29) is 11.6 Å². The van der Waals surface area contributed by atoms with Crippen LogP contribution in [0.5, 0.6) is 0 Å². The van der Waals surface area contributed by atoms with Crippen molar-refractivity contribution in [2.24, 2.45) is 0 Å². The lowest BCUT2D eigenvalue weighted by Gasteiger charge is -2.39. The van der Waals surface area contributed by atoms with Crippen LogP contribution in [0.2, 0.25) is 0 Å². The van der Waals surface area contributed by atoms with Crippen LogP contribution in [0.15, 0.2) is 12.2 Å². The predicted molar refractivity (Wildman–Crippen MR) is 195 cm³/mol. The third-order valence-corrected chi connectivity index (χ3v) is 9.29. The first-order valence-electron chi connectivity index (χ1n) is 19.1. The number of quaternary nitrogens is 1. The second-order valence-corrected chi connectivity index (χ2v) is 14.8. The quantitative estimate of drug-likeness (QED) is 0.0232. The highest BCUT2D eigenvalue weighted by molar-refractivity contribution is 7.10. The molecule has 0 saturated heterocycles. The molecule has 1 unspecified atom stereocenters. The SMILES string of the molecule is CCCCCCCC/C=C\CCCCCCCC(=O)C(C[N+](C)(C)C)(O[PH-])C(=O)CCCCCCCCCCCCCCC. The van der Waals surface area contributed by atoms with Crippen molar-refractivity contribution in [3.8, 4) is 0 Å². The number of carbonyl (C=O) groups excluding carboxylic acids is 2. The van der Waals surface area contributed by atoms with E-state index in [2.05, 4.69) is 35.5 Å². The van der Waals surface area contributed by atoms with Crippen molar-refractivity contribution in [1.82, 2.24) is 0 Å². The van der Waals surface area contributed by atoms with E-state index in [1.807, 2.05) is 21.1 Å². The molecule has 0 fully saturated rings. The number of hydrogen-bond donors (Lipinski definition) is 0. The molecule has 0 aromatic rings. The van der Waals surface area contributed by atoms with Crippen molar-refractivity contribution in [2.75, 3.05) is 27.7 Å². The molecule has 260 valence electrons. The van der Waals surface area contributed by atoms with Crippen molar-refractivity contribution in [3.63, 3.8) is 0 Å². The molecule has 0 saturated carbocycles. The van der Waals surface area contributed by atoms with Crippen molar-refractivity contribution in [3.05, 3.63) is 12.2 Å². The number of unbranched alkanes of at least 4 members (excludes halogenated alkanes) is 23. The molecule has 0 aromatic heterocycles. The van der Waals surface area contributed by atoms with Crippen LogP contribution in [0.4, 0.5) is 0 Å². The predicted octanol–water partition coefficient (Wildman–Crippen LogP) is 12.2. The number of allylic oxidation sites excluding steroid dienone is 2. The molecule has 0 radical (unpaired) electrons. The lowest BCUT2D eigenvalue weighted by atomic mass is 9.86. The summed E-state index contributed by atoms with van der Waals surface area (Å²) in [7, 11) is 9.26. The summed E-state index contributed by atoms with van der Waals surface area (Å²) < 4.78 is 6.17. The molecule has 0 heterocycles. The molecule has 0 aliphatic heterocycles. The van der Waals surface area contributed by atoms with Crippen LogP contribution in [0.3, 0.4) is 0 Å². The summed E-state index contributed by atoms with van der Waals surface area (Å²) >= 11 is 0. The summed E-state index contributed by atoms with van der Waals surface area (Å²) in [5.74, 6) is -0.112. The first-order chi connectivity index (χ1) is 21.2. The average molecular weight is 638 g/mol. The first kappa shape index (κ1) is 43.4. The van der Waals surface area contributed by atoms with Gasteiger partial charge in [-0.05, 0) is 38.5 Å². The van der Waals surface area contributed by atoms with Gasteiger partial charge in [0.05, 0.1) is 21.1 Å². The Balaban J connectivity index is 4.25. The number of likely N-dealkylation sites (N-methyl/N-ethyl adjacent to an activating group) is 1. The van der Waals surface area contributed by atoms with E-state index in [9.17, 15) is 9.59 Å². The van der Waals surface area contributed by atoms with Crippen LogP contribution in [0, 0.1) is 0 Å². The standard InChI is InChI=1S/C39H76NO3P/c1-6-8-10-12-14-16-18-20-21-23-25-27-29-31-33-35-38(42)39(43-44,36-40(3,4)5)37(41)34-32-30-28-26-24-22-19-17-15-13-11-9-7-2/h20-21,44H,6-19,22-36H2,1-5H3/b21-20-. The van der Waals surface area contributed by atoms with Crippen LogP contribution in [-0.4, -0.2) is 49.3 Å². The molecule has 0 amide bonds. The van der Waals surface area contributed by atoms with Crippen molar-refractivity contribution in [1.29, 1.82) is 0 Å². The molecule has 0 aliphatic rings. The molecule has 0 bridgehead atoms. The topological polar surface area (TPSA) is 43.4 Å². The van der Waals surface area contributed by atoms with E-state index < -0.39 is 5.60 Å². The van der Waals surface area contributed by atoms with E-state index in [1.54, 1.807) is 0 Å². The van der Waals surface area contributed by atoms with Crippen LogP contribution in [-0.2, 0) is 14.1 Å². The normalized spacial score (nSPS) is 13.5. The first-order valence-corrected chi connectivity index (χ1v) is 19.5. The van der Waals surface area contributed by atoms with Crippen LogP contribution >= 0.6 is 9.47 Å². The van der Waals surface area contributed by atoms with Gasteiger partial charge in [-0.1, -0.05) is 154 Å². The van der Waals surface area contributed by atoms with Gasteiger partial charge in [0.2, 0.25) is 5.60 Å². The maximum Gasteiger partial charge on any atom is 0.204 e. The van der Waals surface area contributed by atoms with Crippen LogP contribution in [0.25, 0.3) is 0 Å². The van der Waals surface area contributed by atoms with Crippen molar-refractivity contribution >= 4 is 21.0 Å². The minimum absolute atomic E-state index is 0.0543. The lowest BCUT2D eigenvalue weighted by molar-refractivity contribution is -0.873. The van der Waals surface area contributed by atoms with E-state index >= 15 is 0 Å². The van der Waals surface area contributed by atoms with Gasteiger partial charge in [-0.3, -0.25) is 9.59 Å². The van der Waals surface area contributed by atoms with Gasteiger partial charge < -0.3 is 18.5 Å². The molecule has 5 heteroatoms. The fraction of sp³-hybridized carbons (Fsp3) is 0.897. The Hall–Kier alpha value is -0.570. The average Bonchev–Trinajstić information content (AvgIpc) is 2.99.